The highest BCUT2D eigenvalue weighted by atomic mass is 79.9. The summed E-state index contributed by atoms with van der Waals surface area (Å²) in [6.45, 7) is 3.86. The smallest absolute Gasteiger partial charge is 0.327 e. The van der Waals surface area contributed by atoms with Crippen molar-refractivity contribution < 1.29 is 14.6 Å². The molecule has 0 amide bonds. The molecule has 0 aliphatic carbocycles. The van der Waals surface area contributed by atoms with Gasteiger partial charge in [0, 0.05) is 36.0 Å². The normalized spacial score (nSPS) is 22.3. The molecule has 2 aromatic carbocycles. The third-order valence-electron chi connectivity index (χ3n) is 6.97. The zero-order valence-corrected chi connectivity index (χ0v) is 22.6. The number of para-hydroxylation sites is 1. The minimum absolute atomic E-state index is 0.311. The Kier molecular flexibility index (Phi) is 6.07. The standard InChI is InChI=1S/C26H25BrN6O3S/c1-25(23-29-31-33(30-23)15-22(34)35)16-28-24(37-25)32-12-10-26(11-13-32)14-20(17-6-8-18(27)9-7-17)19-4-2-3-5-21(19)36-26/h2-9,14H,10-13,15-16H2,1H3,(H,34,35). The van der Waals surface area contributed by atoms with Gasteiger partial charge in [-0.05, 0) is 47.5 Å². The van der Waals surface area contributed by atoms with Gasteiger partial charge in [0.2, 0.25) is 0 Å². The molecule has 3 aromatic rings. The number of aliphatic imine (C=N–C) groups is 1. The van der Waals surface area contributed by atoms with E-state index in [1.165, 1.54) is 11.1 Å². The van der Waals surface area contributed by atoms with Gasteiger partial charge in [-0.1, -0.05) is 58.0 Å². The number of carbonyl (C=O) groups is 1. The van der Waals surface area contributed by atoms with E-state index >= 15 is 0 Å². The van der Waals surface area contributed by atoms with Crippen molar-refractivity contribution in [3.8, 4) is 5.75 Å². The number of aliphatic carboxylic acids is 1. The van der Waals surface area contributed by atoms with Gasteiger partial charge < -0.3 is 14.7 Å². The quantitative estimate of drug-likeness (QED) is 0.489. The van der Waals surface area contributed by atoms with Crippen molar-refractivity contribution >= 4 is 44.4 Å². The number of nitrogens with zero attached hydrogens (tertiary/aromatic N) is 6. The Balaban J connectivity index is 1.18. The van der Waals surface area contributed by atoms with Crippen LogP contribution < -0.4 is 4.74 Å². The maximum absolute atomic E-state index is 11.0. The number of piperidine rings is 1. The molecule has 1 atom stereocenters. The van der Waals surface area contributed by atoms with Gasteiger partial charge in [-0.15, -0.1) is 10.2 Å². The summed E-state index contributed by atoms with van der Waals surface area (Å²) in [7, 11) is 0. The van der Waals surface area contributed by atoms with Crippen LogP contribution >= 0.6 is 27.7 Å². The third-order valence-corrected chi connectivity index (χ3v) is 8.83. The highest BCUT2D eigenvalue weighted by Crippen LogP contribution is 2.45. The summed E-state index contributed by atoms with van der Waals surface area (Å²) >= 11 is 5.16. The number of aromatic nitrogens is 4. The Morgan fingerprint density at radius 3 is 2.68 bits per heavy atom. The summed E-state index contributed by atoms with van der Waals surface area (Å²) in [6.07, 6.45) is 3.99. The van der Waals surface area contributed by atoms with Gasteiger partial charge in [0.25, 0.3) is 0 Å². The Bertz CT molecular complexity index is 1410. The Morgan fingerprint density at radius 2 is 1.92 bits per heavy atom. The molecular formula is C26H25BrN6O3S. The first-order valence-corrected chi connectivity index (χ1v) is 13.7. The Labute approximate surface area is 226 Å². The number of amidine groups is 1. The molecular weight excluding hydrogens is 556 g/mol. The lowest BCUT2D eigenvalue weighted by atomic mass is 9.83. The van der Waals surface area contributed by atoms with Gasteiger partial charge in [-0.2, -0.15) is 4.80 Å². The van der Waals surface area contributed by atoms with Gasteiger partial charge in [-0.3, -0.25) is 9.79 Å². The number of carboxylic acids is 1. The molecule has 11 heteroatoms. The van der Waals surface area contributed by atoms with Gasteiger partial charge in [-0.25, -0.2) is 0 Å². The lowest BCUT2D eigenvalue weighted by molar-refractivity contribution is -0.138. The zero-order chi connectivity index (χ0) is 25.6. The number of carboxylic acid groups (broad SMARTS) is 1. The van der Waals surface area contributed by atoms with E-state index in [4.69, 9.17) is 14.8 Å². The predicted octanol–water partition coefficient (Wildman–Crippen LogP) is 4.20. The second-order valence-electron chi connectivity index (χ2n) is 9.68. The van der Waals surface area contributed by atoms with E-state index in [9.17, 15) is 4.79 Å². The predicted molar refractivity (Wildman–Crippen MR) is 145 cm³/mol. The summed E-state index contributed by atoms with van der Waals surface area (Å²) < 4.78 is 7.23. The van der Waals surface area contributed by atoms with Crippen molar-refractivity contribution in [1.29, 1.82) is 0 Å². The van der Waals surface area contributed by atoms with Crippen LogP contribution in [0.4, 0.5) is 0 Å². The first kappa shape index (κ1) is 24.2. The van der Waals surface area contributed by atoms with Crippen LogP contribution in [0.15, 0.2) is 64.1 Å². The van der Waals surface area contributed by atoms with Crippen molar-refractivity contribution in [2.75, 3.05) is 19.6 Å². The molecule has 0 saturated carbocycles. The molecule has 1 N–H and O–H groups in total. The molecule has 6 rings (SSSR count). The lowest BCUT2D eigenvalue weighted by Crippen LogP contribution is -2.49. The minimum atomic E-state index is -1.00. The van der Waals surface area contributed by atoms with Crippen LogP contribution in [0.3, 0.4) is 0 Å². The second-order valence-corrected chi connectivity index (χ2v) is 12.1. The number of benzene rings is 2. The summed E-state index contributed by atoms with van der Waals surface area (Å²) in [4.78, 5) is 19.2. The summed E-state index contributed by atoms with van der Waals surface area (Å²) in [5.41, 5.74) is 3.13. The van der Waals surface area contributed by atoms with E-state index < -0.39 is 10.7 Å². The topological polar surface area (TPSA) is 106 Å². The molecule has 9 nitrogen and oxygen atoms in total. The van der Waals surface area contributed by atoms with Crippen molar-refractivity contribution in [3.63, 3.8) is 0 Å². The average molecular weight is 581 g/mol. The van der Waals surface area contributed by atoms with Gasteiger partial charge >= 0.3 is 5.97 Å². The molecule has 0 radical (unpaired) electrons. The van der Waals surface area contributed by atoms with Crippen LogP contribution in [0.5, 0.6) is 5.75 Å². The van der Waals surface area contributed by atoms with E-state index in [-0.39, 0.29) is 12.1 Å². The first-order valence-electron chi connectivity index (χ1n) is 12.1. The molecule has 190 valence electrons. The summed E-state index contributed by atoms with van der Waals surface area (Å²) in [5, 5.41) is 22.2. The lowest BCUT2D eigenvalue weighted by Gasteiger charge is -2.43. The van der Waals surface area contributed by atoms with Crippen molar-refractivity contribution in [3.05, 3.63) is 76.0 Å². The van der Waals surface area contributed by atoms with E-state index in [0.717, 1.165) is 51.7 Å². The molecule has 1 saturated heterocycles. The number of rotatable bonds is 4. The molecule has 1 fully saturated rings. The van der Waals surface area contributed by atoms with Crippen LogP contribution in [0, 0.1) is 0 Å². The number of hydrogen-bond donors (Lipinski definition) is 1. The molecule has 37 heavy (non-hydrogen) atoms. The average Bonchev–Trinajstić information content (AvgIpc) is 3.52. The minimum Gasteiger partial charge on any atom is -0.482 e. The van der Waals surface area contributed by atoms with Crippen LogP contribution in [0.2, 0.25) is 0 Å². The number of halogens is 1. The number of tetrazole rings is 1. The molecule has 1 unspecified atom stereocenters. The SMILES string of the molecule is CC1(c2nnn(CC(=O)O)n2)CN=C(N2CCC3(C=C(c4ccc(Br)cc4)c4ccccc4O3)CC2)S1. The molecule has 0 bridgehead atoms. The fourth-order valence-electron chi connectivity index (χ4n) is 4.97. The van der Waals surface area contributed by atoms with Crippen molar-refractivity contribution in [2.24, 2.45) is 4.99 Å². The summed E-state index contributed by atoms with van der Waals surface area (Å²) in [6, 6.07) is 16.7. The maximum Gasteiger partial charge on any atom is 0.327 e. The number of thioether (sulfide) groups is 1. The Hall–Kier alpha value is -3.18. The molecule has 3 aliphatic rings. The monoisotopic (exact) mass is 580 g/mol. The number of fused-ring (bicyclic) bond motifs is 1. The first-order chi connectivity index (χ1) is 17.8. The zero-order valence-electron chi connectivity index (χ0n) is 20.2. The summed E-state index contributed by atoms with van der Waals surface area (Å²) in [5.74, 6) is 0.421. The van der Waals surface area contributed by atoms with Crippen LogP contribution in [0.25, 0.3) is 5.57 Å². The third kappa shape index (κ3) is 4.66. The molecule has 4 heterocycles. The Morgan fingerprint density at radius 1 is 1.16 bits per heavy atom. The van der Waals surface area contributed by atoms with Gasteiger partial charge in [0.05, 0.1) is 6.54 Å². The second kappa shape index (κ2) is 9.29. The van der Waals surface area contributed by atoms with Crippen LogP contribution in [-0.2, 0) is 16.1 Å². The largest absolute Gasteiger partial charge is 0.482 e. The van der Waals surface area contributed by atoms with Crippen LogP contribution in [0.1, 0.15) is 36.7 Å². The maximum atomic E-state index is 11.0. The fourth-order valence-corrected chi connectivity index (χ4v) is 6.38. The van der Waals surface area contributed by atoms with E-state index in [0.29, 0.717) is 12.4 Å². The van der Waals surface area contributed by atoms with Crippen LogP contribution in [-0.4, -0.2) is 66.6 Å². The van der Waals surface area contributed by atoms with E-state index in [1.807, 2.05) is 13.0 Å². The van der Waals surface area contributed by atoms with Gasteiger partial charge in [0.15, 0.2) is 17.5 Å². The highest BCUT2D eigenvalue weighted by Gasteiger charge is 2.44. The number of ether oxygens (including phenoxy) is 1. The van der Waals surface area contributed by atoms with Crippen molar-refractivity contribution in [2.45, 2.75) is 36.7 Å². The molecule has 1 spiro atoms. The van der Waals surface area contributed by atoms with E-state index in [2.05, 4.69) is 84.8 Å². The van der Waals surface area contributed by atoms with Crippen molar-refractivity contribution in [1.82, 2.24) is 25.1 Å². The number of hydrogen-bond acceptors (Lipinski definition) is 8. The van der Waals surface area contributed by atoms with Gasteiger partial charge in [0.1, 0.15) is 16.1 Å². The molecule has 3 aliphatic heterocycles. The fraction of sp³-hybridized carbons (Fsp3) is 0.346. The number of likely N-dealkylation sites (tertiary alicyclic amines) is 1. The highest BCUT2D eigenvalue weighted by molar-refractivity contribution is 9.10. The molecule has 1 aromatic heterocycles. The van der Waals surface area contributed by atoms with E-state index in [1.54, 1.807) is 11.8 Å².